The fourth-order valence-electron chi connectivity index (χ4n) is 1.39. The van der Waals surface area contributed by atoms with E-state index in [1.54, 1.807) is 0 Å². The van der Waals surface area contributed by atoms with Crippen LogP contribution in [0.25, 0.3) is 0 Å². The van der Waals surface area contributed by atoms with Crippen molar-refractivity contribution in [2.24, 2.45) is 5.73 Å². The fourth-order valence-corrected chi connectivity index (χ4v) is 1.39. The van der Waals surface area contributed by atoms with Crippen molar-refractivity contribution in [3.8, 4) is 0 Å². The zero-order chi connectivity index (χ0) is 13.7. The number of anilines is 1. The van der Waals surface area contributed by atoms with Gasteiger partial charge in [0.15, 0.2) is 0 Å². The number of nitrogens with two attached hydrogens (primary N) is 1. The summed E-state index contributed by atoms with van der Waals surface area (Å²) in [6.45, 7) is 1.85. The molecule has 18 heavy (non-hydrogen) atoms. The van der Waals surface area contributed by atoms with Gasteiger partial charge in [0, 0.05) is 12.5 Å². The second-order valence-corrected chi connectivity index (χ2v) is 3.92. The van der Waals surface area contributed by atoms with Crippen LogP contribution in [0.3, 0.4) is 0 Å². The van der Waals surface area contributed by atoms with E-state index in [1.807, 2.05) is 6.92 Å². The highest BCUT2D eigenvalue weighted by Crippen LogP contribution is 2.17. The average molecular weight is 254 g/mol. The summed E-state index contributed by atoms with van der Waals surface area (Å²) >= 11 is 0. The van der Waals surface area contributed by atoms with E-state index < -0.39 is 17.7 Å². The van der Waals surface area contributed by atoms with Gasteiger partial charge in [0.05, 0.1) is 11.3 Å². The van der Waals surface area contributed by atoms with Gasteiger partial charge in [0.1, 0.15) is 5.82 Å². The van der Waals surface area contributed by atoms with Gasteiger partial charge in [-0.3, -0.25) is 4.79 Å². The van der Waals surface area contributed by atoms with E-state index in [2.05, 4.69) is 5.32 Å². The first-order chi connectivity index (χ1) is 8.43. The standard InChI is InChI=1S/C12H15FN2O3/c1-2-8(14)6-11(16)15-10-4-3-7(13)5-9(10)12(17)18/h3-5,8H,2,6,14H2,1H3,(H,15,16)(H,17,18). The maximum atomic E-state index is 12.9. The van der Waals surface area contributed by atoms with Crippen LogP contribution >= 0.6 is 0 Å². The molecular weight excluding hydrogens is 239 g/mol. The van der Waals surface area contributed by atoms with Crippen LogP contribution in [0.4, 0.5) is 10.1 Å². The van der Waals surface area contributed by atoms with Crippen LogP contribution in [0.15, 0.2) is 18.2 Å². The molecule has 4 N–H and O–H groups in total. The number of aromatic carboxylic acids is 1. The predicted octanol–water partition coefficient (Wildman–Crippen LogP) is 1.59. The van der Waals surface area contributed by atoms with Crippen LogP contribution in [-0.2, 0) is 4.79 Å². The number of hydrogen-bond acceptors (Lipinski definition) is 3. The number of carbonyl (C=O) groups is 2. The van der Waals surface area contributed by atoms with Gasteiger partial charge in [-0.2, -0.15) is 0 Å². The quantitative estimate of drug-likeness (QED) is 0.744. The lowest BCUT2D eigenvalue weighted by Gasteiger charge is -2.11. The van der Waals surface area contributed by atoms with Crippen molar-refractivity contribution < 1.29 is 19.1 Å². The molecule has 0 saturated heterocycles. The number of carboxylic acids is 1. The van der Waals surface area contributed by atoms with Crippen LogP contribution in [0.1, 0.15) is 30.1 Å². The van der Waals surface area contributed by atoms with Gasteiger partial charge in [0.2, 0.25) is 5.91 Å². The Balaban J connectivity index is 2.84. The number of hydrogen-bond donors (Lipinski definition) is 3. The van der Waals surface area contributed by atoms with Gasteiger partial charge >= 0.3 is 5.97 Å². The molecule has 0 spiro atoms. The Morgan fingerprint density at radius 1 is 1.50 bits per heavy atom. The van der Waals surface area contributed by atoms with Gasteiger partial charge in [-0.05, 0) is 24.6 Å². The molecule has 0 aromatic heterocycles. The minimum Gasteiger partial charge on any atom is -0.478 e. The Labute approximate surface area is 104 Å². The summed E-state index contributed by atoms with van der Waals surface area (Å²) in [5.74, 6) is -2.36. The summed E-state index contributed by atoms with van der Waals surface area (Å²) in [6, 6.07) is 2.88. The van der Waals surface area contributed by atoms with E-state index in [0.29, 0.717) is 6.42 Å². The van der Waals surface area contributed by atoms with E-state index >= 15 is 0 Å². The maximum absolute atomic E-state index is 12.9. The highest BCUT2D eigenvalue weighted by molar-refractivity contribution is 6.00. The topological polar surface area (TPSA) is 92.4 Å². The smallest absolute Gasteiger partial charge is 0.337 e. The Morgan fingerprint density at radius 3 is 2.72 bits per heavy atom. The SMILES string of the molecule is CCC(N)CC(=O)Nc1ccc(F)cc1C(=O)O. The van der Waals surface area contributed by atoms with E-state index in [0.717, 1.165) is 12.1 Å². The fraction of sp³-hybridized carbons (Fsp3) is 0.333. The average Bonchev–Trinajstić information content (AvgIpc) is 2.30. The molecule has 5 nitrogen and oxygen atoms in total. The first-order valence-electron chi connectivity index (χ1n) is 5.52. The summed E-state index contributed by atoms with van der Waals surface area (Å²) in [7, 11) is 0. The van der Waals surface area contributed by atoms with Crippen LogP contribution in [0.2, 0.25) is 0 Å². The molecule has 0 bridgehead atoms. The van der Waals surface area contributed by atoms with Crippen molar-refractivity contribution in [1.29, 1.82) is 0 Å². The van der Waals surface area contributed by atoms with Crippen molar-refractivity contribution in [3.05, 3.63) is 29.6 Å². The summed E-state index contributed by atoms with van der Waals surface area (Å²) in [6.07, 6.45) is 0.732. The lowest BCUT2D eigenvalue weighted by molar-refractivity contribution is -0.116. The summed E-state index contributed by atoms with van der Waals surface area (Å²) in [4.78, 5) is 22.5. The zero-order valence-corrected chi connectivity index (χ0v) is 9.94. The van der Waals surface area contributed by atoms with Crippen LogP contribution < -0.4 is 11.1 Å². The molecule has 1 amide bonds. The van der Waals surface area contributed by atoms with Crippen molar-refractivity contribution in [3.63, 3.8) is 0 Å². The van der Waals surface area contributed by atoms with E-state index in [4.69, 9.17) is 10.8 Å². The Kier molecular flexibility index (Phi) is 4.79. The Bertz CT molecular complexity index is 463. The lowest BCUT2D eigenvalue weighted by atomic mass is 10.1. The van der Waals surface area contributed by atoms with Gasteiger partial charge in [-0.1, -0.05) is 6.92 Å². The molecule has 1 atom stereocenters. The molecule has 0 fully saturated rings. The molecule has 0 aliphatic heterocycles. The minimum absolute atomic E-state index is 0.0669. The molecule has 6 heteroatoms. The minimum atomic E-state index is -1.30. The Morgan fingerprint density at radius 2 is 2.17 bits per heavy atom. The number of benzene rings is 1. The second-order valence-electron chi connectivity index (χ2n) is 3.92. The molecule has 1 aromatic carbocycles. The molecule has 98 valence electrons. The summed E-state index contributed by atoms with van der Waals surface area (Å²) < 4.78 is 12.9. The van der Waals surface area contributed by atoms with Gasteiger partial charge < -0.3 is 16.2 Å². The molecule has 0 saturated carbocycles. The first kappa shape index (κ1) is 14.1. The van der Waals surface area contributed by atoms with E-state index in [1.165, 1.54) is 6.07 Å². The van der Waals surface area contributed by atoms with Crippen LogP contribution in [0, 0.1) is 5.82 Å². The number of amides is 1. The zero-order valence-electron chi connectivity index (χ0n) is 9.94. The number of carbonyl (C=O) groups excluding carboxylic acids is 1. The van der Waals surface area contributed by atoms with Crippen molar-refractivity contribution in [1.82, 2.24) is 0 Å². The number of rotatable bonds is 5. The van der Waals surface area contributed by atoms with Crippen molar-refractivity contribution in [2.75, 3.05) is 5.32 Å². The summed E-state index contributed by atoms with van der Waals surface area (Å²) in [5.41, 5.74) is 5.40. The molecule has 0 aliphatic carbocycles. The van der Waals surface area contributed by atoms with E-state index in [-0.39, 0.29) is 23.7 Å². The molecule has 0 heterocycles. The van der Waals surface area contributed by atoms with E-state index in [9.17, 15) is 14.0 Å². The van der Waals surface area contributed by atoms with Crippen LogP contribution in [-0.4, -0.2) is 23.0 Å². The molecule has 1 aromatic rings. The van der Waals surface area contributed by atoms with Crippen molar-refractivity contribution >= 4 is 17.6 Å². The van der Waals surface area contributed by atoms with Gasteiger partial charge in [-0.15, -0.1) is 0 Å². The molecular formula is C12H15FN2O3. The first-order valence-corrected chi connectivity index (χ1v) is 5.52. The number of halogens is 1. The third-order valence-electron chi connectivity index (χ3n) is 2.46. The van der Waals surface area contributed by atoms with Gasteiger partial charge in [-0.25, -0.2) is 9.18 Å². The maximum Gasteiger partial charge on any atom is 0.337 e. The summed E-state index contributed by atoms with van der Waals surface area (Å²) in [5, 5.41) is 11.3. The monoisotopic (exact) mass is 254 g/mol. The molecule has 1 unspecified atom stereocenters. The van der Waals surface area contributed by atoms with Crippen LogP contribution in [0.5, 0.6) is 0 Å². The molecule has 0 radical (unpaired) electrons. The Hall–Kier alpha value is -1.95. The largest absolute Gasteiger partial charge is 0.478 e. The second kappa shape index (κ2) is 6.11. The third-order valence-corrected chi connectivity index (χ3v) is 2.46. The normalized spacial score (nSPS) is 11.9. The number of carboxylic acid groups (broad SMARTS) is 1. The third kappa shape index (κ3) is 3.81. The number of nitrogens with one attached hydrogen (secondary N) is 1. The van der Waals surface area contributed by atoms with Gasteiger partial charge in [0.25, 0.3) is 0 Å². The lowest BCUT2D eigenvalue weighted by Crippen LogP contribution is -2.26. The highest BCUT2D eigenvalue weighted by Gasteiger charge is 2.14. The molecule has 1 rings (SSSR count). The molecule has 0 aliphatic rings. The highest BCUT2D eigenvalue weighted by atomic mass is 19.1. The predicted molar refractivity (Wildman–Crippen MR) is 64.9 cm³/mol. The van der Waals surface area contributed by atoms with Crippen molar-refractivity contribution in [2.45, 2.75) is 25.8 Å².